The van der Waals surface area contributed by atoms with Crippen LogP contribution in [0.25, 0.3) is 0 Å². The molecule has 0 aliphatic heterocycles. The molecule has 1 N–H and O–H groups in total. The van der Waals surface area contributed by atoms with E-state index in [1.54, 1.807) is 12.1 Å². The number of anilines is 1. The van der Waals surface area contributed by atoms with Gasteiger partial charge in [-0.3, -0.25) is 4.79 Å². The minimum absolute atomic E-state index is 0.0793. The number of para-hydroxylation sites is 1. The van der Waals surface area contributed by atoms with Crippen LogP contribution in [0.2, 0.25) is 0 Å². The molecule has 1 saturated carbocycles. The van der Waals surface area contributed by atoms with Gasteiger partial charge in [-0.2, -0.15) is 0 Å². The van der Waals surface area contributed by atoms with E-state index in [0.29, 0.717) is 12.6 Å². The molecule has 0 bridgehead atoms. The molecule has 114 valence electrons. The van der Waals surface area contributed by atoms with E-state index in [9.17, 15) is 9.18 Å². The van der Waals surface area contributed by atoms with Crippen molar-refractivity contribution in [2.24, 2.45) is 0 Å². The highest BCUT2D eigenvalue weighted by Gasteiger charge is 2.32. The van der Waals surface area contributed by atoms with Gasteiger partial charge >= 0.3 is 0 Å². The number of hydrogen-bond acceptors (Lipinski definition) is 2. The summed E-state index contributed by atoms with van der Waals surface area (Å²) in [5.74, 6) is -0.172. The van der Waals surface area contributed by atoms with Crippen LogP contribution in [0.15, 0.2) is 54.6 Å². The third-order valence-electron chi connectivity index (χ3n) is 3.79. The third kappa shape index (κ3) is 3.85. The second kappa shape index (κ2) is 6.60. The van der Waals surface area contributed by atoms with Crippen molar-refractivity contribution in [3.8, 4) is 0 Å². The van der Waals surface area contributed by atoms with Crippen molar-refractivity contribution in [2.45, 2.75) is 25.4 Å². The van der Waals surface area contributed by atoms with Gasteiger partial charge in [0.15, 0.2) is 0 Å². The molecule has 4 heteroatoms. The lowest BCUT2D eigenvalue weighted by atomic mass is 10.2. The van der Waals surface area contributed by atoms with Gasteiger partial charge in [-0.15, -0.1) is 0 Å². The lowest BCUT2D eigenvalue weighted by Crippen LogP contribution is -2.36. The first-order valence-electron chi connectivity index (χ1n) is 7.55. The summed E-state index contributed by atoms with van der Waals surface area (Å²) < 4.78 is 13.0. The molecule has 3 nitrogen and oxygen atoms in total. The Morgan fingerprint density at radius 1 is 1.09 bits per heavy atom. The number of carbonyl (C=O) groups is 1. The largest absolute Gasteiger partial charge is 0.376 e. The fourth-order valence-corrected chi connectivity index (χ4v) is 2.43. The summed E-state index contributed by atoms with van der Waals surface area (Å²) in [6.07, 6.45) is 2.11. The first kappa shape index (κ1) is 14.6. The van der Waals surface area contributed by atoms with E-state index in [0.717, 1.165) is 24.1 Å². The van der Waals surface area contributed by atoms with Gasteiger partial charge in [-0.25, -0.2) is 4.39 Å². The molecule has 1 aliphatic rings. The number of nitrogens with zero attached hydrogens (tertiary/aromatic N) is 1. The van der Waals surface area contributed by atoms with Gasteiger partial charge < -0.3 is 10.2 Å². The second-order valence-electron chi connectivity index (χ2n) is 5.60. The lowest BCUT2D eigenvalue weighted by Gasteiger charge is -2.23. The zero-order valence-electron chi connectivity index (χ0n) is 12.3. The van der Waals surface area contributed by atoms with Crippen LogP contribution in [-0.4, -0.2) is 23.4 Å². The highest BCUT2D eigenvalue weighted by molar-refractivity contribution is 5.81. The highest BCUT2D eigenvalue weighted by atomic mass is 19.1. The smallest absolute Gasteiger partial charge is 0.242 e. The van der Waals surface area contributed by atoms with Gasteiger partial charge in [0.1, 0.15) is 5.82 Å². The number of hydrogen-bond donors (Lipinski definition) is 1. The summed E-state index contributed by atoms with van der Waals surface area (Å²) in [7, 11) is 0. The van der Waals surface area contributed by atoms with Crippen molar-refractivity contribution in [2.75, 3.05) is 11.9 Å². The quantitative estimate of drug-likeness (QED) is 0.886. The summed E-state index contributed by atoms with van der Waals surface area (Å²) >= 11 is 0. The third-order valence-corrected chi connectivity index (χ3v) is 3.79. The molecule has 22 heavy (non-hydrogen) atoms. The van der Waals surface area contributed by atoms with Gasteiger partial charge in [0, 0.05) is 18.3 Å². The van der Waals surface area contributed by atoms with Crippen molar-refractivity contribution in [1.29, 1.82) is 0 Å². The van der Waals surface area contributed by atoms with Crippen molar-refractivity contribution < 1.29 is 9.18 Å². The second-order valence-corrected chi connectivity index (χ2v) is 5.60. The zero-order chi connectivity index (χ0) is 15.4. The molecule has 0 atom stereocenters. The number of carbonyl (C=O) groups excluding carboxylic acids is 1. The van der Waals surface area contributed by atoms with Crippen LogP contribution in [0.5, 0.6) is 0 Å². The monoisotopic (exact) mass is 298 g/mol. The predicted molar refractivity (Wildman–Crippen MR) is 84.9 cm³/mol. The molecule has 1 fully saturated rings. The number of benzene rings is 2. The van der Waals surface area contributed by atoms with E-state index in [2.05, 4.69) is 5.32 Å². The molecule has 1 aliphatic carbocycles. The fraction of sp³-hybridized carbons (Fsp3) is 0.278. The van der Waals surface area contributed by atoms with Crippen molar-refractivity contribution in [3.63, 3.8) is 0 Å². The van der Waals surface area contributed by atoms with E-state index in [-0.39, 0.29) is 18.3 Å². The van der Waals surface area contributed by atoms with Crippen LogP contribution in [-0.2, 0) is 11.3 Å². The first-order chi connectivity index (χ1) is 10.7. The Hall–Kier alpha value is -2.36. The average Bonchev–Trinajstić information content (AvgIpc) is 3.38. The van der Waals surface area contributed by atoms with Crippen LogP contribution in [0.1, 0.15) is 18.4 Å². The minimum atomic E-state index is -0.251. The molecule has 2 aromatic rings. The van der Waals surface area contributed by atoms with Gasteiger partial charge in [-0.1, -0.05) is 30.3 Å². The van der Waals surface area contributed by atoms with E-state index in [1.807, 2.05) is 35.2 Å². The van der Waals surface area contributed by atoms with Crippen LogP contribution in [0.4, 0.5) is 10.1 Å². The number of amides is 1. The molecular formula is C18H19FN2O. The molecule has 0 saturated heterocycles. The topological polar surface area (TPSA) is 32.3 Å². The number of nitrogens with one attached hydrogen (secondary N) is 1. The zero-order valence-corrected chi connectivity index (χ0v) is 12.3. The SMILES string of the molecule is O=C(CNc1ccccc1)N(Cc1ccc(F)cc1)C1CC1. The minimum Gasteiger partial charge on any atom is -0.376 e. The Labute approximate surface area is 129 Å². The molecule has 0 heterocycles. The van der Waals surface area contributed by atoms with Gasteiger partial charge in [0.25, 0.3) is 0 Å². The summed E-state index contributed by atoms with van der Waals surface area (Å²) in [6.45, 7) is 0.821. The molecule has 3 rings (SSSR count). The van der Waals surface area contributed by atoms with E-state index in [4.69, 9.17) is 0 Å². The first-order valence-corrected chi connectivity index (χ1v) is 7.55. The summed E-state index contributed by atoms with van der Waals surface area (Å²) in [4.78, 5) is 14.4. The van der Waals surface area contributed by atoms with Crippen LogP contribution >= 0.6 is 0 Å². The van der Waals surface area contributed by atoms with Gasteiger partial charge in [0.05, 0.1) is 6.54 Å². The van der Waals surface area contributed by atoms with E-state index in [1.165, 1.54) is 12.1 Å². The van der Waals surface area contributed by atoms with Crippen molar-refractivity contribution in [3.05, 3.63) is 66.0 Å². The molecule has 0 unspecified atom stereocenters. The highest BCUT2D eigenvalue weighted by Crippen LogP contribution is 2.28. The standard InChI is InChI=1S/C18H19FN2O/c19-15-8-6-14(7-9-15)13-21(17-10-11-17)18(22)12-20-16-4-2-1-3-5-16/h1-9,17,20H,10-13H2. The Balaban J connectivity index is 1.61. The number of rotatable bonds is 6. The normalized spacial score (nSPS) is 13.7. The Morgan fingerprint density at radius 3 is 2.41 bits per heavy atom. The summed E-state index contributed by atoms with van der Waals surface area (Å²) in [6, 6.07) is 16.4. The molecule has 0 aromatic heterocycles. The van der Waals surface area contributed by atoms with E-state index < -0.39 is 0 Å². The summed E-state index contributed by atoms with van der Waals surface area (Å²) in [5, 5.41) is 3.15. The molecule has 0 spiro atoms. The molecule has 2 aromatic carbocycles. The van der Waals surface area contributed by atoms with Crippen LogP contribution in [0, 0.1) is 5.82 Å². The average molecular weight is 298 g/mol. The fourth-order valence-electron chi connectivity index (χ4n) is 2.43. The van der Waals surface area contributed by atoms with Gasteiger partial charge in [-0.05, 0) is 42.7 Å². The van der Waals surface area contributed by atoms with Crippen molar-refractivity contribution >= 4 is 11.6 Å². The molecule has 0 radical (unpaired) electrons. The predicted octanol–water partition coefficient (Wildman–Crippen LogP) is 3.43. The van der Waals surface area contributed by atoms with Crippen molar-refractivity contribution in [1.82, 2.24) is 4.90 Å². The maximum Gasteiger partial charge on any atom is 0.242 e. The lowest BCUT2D eigenvalue weighted by molar-refractivity contribution is -0.130. The Kier molecular flexibility index (Phi) is 4.37. The Bertz CT molecular complexity index is 623. The maximum absolute atomic E-state index is 13.0. The summed E-state index contributed by atoms with van der Waals surface area (Å²) in [5.41, 5.74) is 1.90. The molecule has 1 amide bonds. The number of halogens is 1. The van der Waals surface area contributed by atoms with E-state index >= 15 is 0 Å². The van der Waals surface area contributed by atoms with Crippen LogP contribution in [0.3, 0.4) is 0 Å². The van der Waals surface area contributed by atoms with Gasteiger partial charge in [0.2, 0.25) is 5.91 Å². The van der Waals surface area contributed by atoms with Crippen LogP contribution < -0.4 is 5.32 Å². The maximum atomic E-state index is 13.0. The Morgan fingerprint density at radius 2 is 1.77 bits per heavy atom. The molecular weight excluding hydrogens is 279 g/mol.